The van der Waals surface area contributed by atoms with Crippen LogP contribution in [-0.2, 0) is 6.54 Å². The van der Waals surface area contributed by atoms with Crippen LogP contribution in [0, 0.1) is 0 Å². The third-order valence-corrected chi connectivity index (χ3v) is 6.92. The summed E-state index contributed by atoms with van der Waals surface area (Å²) in [5, 5.41) is 0. The van der Waals surface area contributed by atoms with Crippen molar-refractivity contribution in [2.45, 2.75) is 110 Å². The van der Waals surface area contributed by atoms with E-state index in [1.54, 1.807) is 0 Å². The number of aryl methyl sites for hydroxylation is 1. The van der Waals surface area contributed by atoms with E-state index in [0.29, 0.717) is 0 Å². The molecule has 1 aromatic carbocycles. The molecule has 1 aromatic heterocycles. The fourth-order valence-electron chi connectivity index (χ4n) is 4.04. The summed E-state index contributed by atoms with van der Waals surface area (Å²) in [6.07, 6.45) is 23.8. The topological polar surface area (TPSA) is 8.81 Å². The van der Waals surface area contributed by atoms with Crippen LogP contribution in [0.2, 0.25) is 0 Å². The van der Waals surface area contributed by atoms with Gasteiger partial charge in [0.2, 0.25) is 0 Å². The smallest absolute Gasteiger partial charge is 0.229 e. The second-order valence-corrected chi connectivity index (χ2v) is 9.64. The minimum atomic E-state index is 1.13. The normalized spacial score (nSPS) is 11.3. The van der Waals surface area contributed by atoms with E-state index in [1.807, 2.05) is 11.9 Å². The maximum atomic E-state index is 2.47. The van der Waals surface area contributed by atoms with Crippen molar-refractivity contribution in [2.75, 3.05) is 5.75 Å². The molecule has 0 atom stereocenters. The third kappa shape index (κ3) is 9.73. The molecule has 2 nitrogen and oxygen atoms in total. The monoisotopic (exact) mass is 429 g/mol. The molecule has 30 heavy (non-hydrogen) atoms. The third-order valence-electron chi connectivity index (χ3n) is 5.88. The zero-order valence-electron chi connectivity index (χ0n) is 19.7. The van der Waals surface area contributed by atoms with Gasteiger partial charge in [0.1, 0.15) is 12.4 Å². The lowest BCUT2D eigenvalue weighted by Crippen LogP contribution is -2.34. The van der Waals surface area contributed by atoms with Gasteiger partial charge in [0.25, 0.3) is 0 Å². The number of benzene rings is 1. The molecule has 0 spiro atoms. The second-order valence-electron chi connectivity index (χ2n) is 8.58. The van der Waals surface area contributed by atoms with Gasteiger partial charge in [-0.05, 0) is 31.4 Å². The maximum absolute atomic E-state index is 2.47. The summed E-state index contributed by atoms with van der Waals surface area (Å²) < 4.78 is 4.88. The highest BCUT2D eigenvalue weighted by molar-refractivity contribution is 7.97. The number of imidazole rings is 1. The van der Waals surface area contributed by atoms with Gasteiger partial charge in [-0.2, -0.15) is 3.97 Å². The van der Waals surface area contributed by atoms with Crippen molar-refractivity contribution in [3.63, 3.8) is 0 Å². The summed E-state index contributed by atoms with van der Waals surface area (Å²) in [6.45, 7) is 5.71. The lowest BCUT2D eigenvalue weighted by Gasteiger charge is -2.05. The van der Waals surface area contributed by atoms with Crippen molar-refractivity contribution in [1.82, 2.24) is 3.97 Å². The minimum Gasteiger partial charge on any atom is -0.229 e. The quantitative estimate of drug-likeness (QED) is 0.170. The minimum absolute atomic E-state index is 1.13. The van der Waals surface area contributed by atoms with Crippen LogP contribution in [0.25, 0.3) is 11.4 Å². The van der Waals surface area contributed by atoms with Gasteiger partial charge >= 0.3 is 5.82 Å². The Morgan fingerprint density at radius 1 is 0.700 bits per heavy atom. The average molecular weight is 430 g/mol. The Hall–Kier alpha value is -1.22. The van der Waals surface area contributed by atoms with Crippen molar-refractivity contribution >= 4 is 11.9 Å². The Labute approximate surface area is 190 Å². The van der Waals surface area contributed by atoms with E-state index < -0.39 is 0 Å². The van der Waals surface area contributed by atoms with Gasteiger partial charge in [0.15, 0.2) is 0 Å². The van der Waals surface area contributed by atoms with Crippen molar-refractivity contribution in [1.29, 1.82) is 0 Å². The van der Waals surface area contributed by atoms with Crippen LogP contribution in [0.4, 0.5) is 0 Å². The Kier molecular flexibility index (Phi) is 13.7. The molecule has 0 aliphatic heterocycles. The molecule has 0 bridgehead atoms. The van der Waals surface area contributed by atoms with Gasteiger partial charge < -0.3 is 0 Å². The van der Waals surface area contributed by atoms with Crippen molar-refractivity contribution in [2.24, 2.45) is 0 Å². The first-order valence-corrected chi connectivity index (χ1v) is 13.6. The van der Waals surface area contributed by atoms with Crippen molar-refractivity contribution in [3.05, 3.63) is 42.7 Å². The van der Waals surface area contributed by atoms with Crippen LogP contribution in [0.5, 0.6) is 0 Å². The first-order chi connectivity index (χ1) is 14.9. The van der Waals surface area contributed by atoms with E-state index in [-0.39, 0.29) is 0 Å². The van der Waals surface area contributed by atoms with Crippen molar-refractivity contribution in [3.8, 4) is 11.4 Å². The molecule has 0 amide bonds. The first kappa shape index (κ1) is 25.0. The molecule has 0 fully saturated rings. The molecule has 0 saturated carbocycles. The Balaban J connectivity index is 1.82. The van der Waals surface area contributed by atoms with Gasteiger partial charge in [0.05, 0.1) is 24.1 Å². The molecule has 2 rings (SSSR count). The fourth-order valence-corrected chi connectivity index (χ4v) is 5.04. The van der Waals surface area contributed by atoms with Crippen LogP contribution in [0.1, 0.15) is 104 Å². The molecule has 0 radical (unpaired) electrons. The number of hydrogen-bond acceptors (Lipinski definition) is 1. The standard InChI is InChI=1S/C27H45N2S/c1-3-5-7-9-11-12-13-18-22-28-23-24-29(27(28)26-20-16-15-17-21-26)30-25-19-14-10-8-6-4-2/h15-17,20-21,23-24H,3-14,18-19,22,25H2,1-2H3/q+1. The molecule has 3 heteroatoms. The van der Waals surface area contributed by atoms with E-state index >= 15 is 0 Å². The van der Waals surface area contributed by atoms with E-state index in [0.717, 1.165) is 6.54 Å². The summed E-state index contributed by atoms with van der Waals surface area (Å²) in [4.78, 5) is 0. The molecule has 1 heterocycles. The number of rotatable bonds is 18. The summed E-state index contributed by atoms with van der Waals surface area (Å²) in [7, 11) is 0. The van der Waals surface area contributed by atoms with Crippen molar-refractivity contribution < 1.29 is 4.57 Å². The SMILES string of the molecule is CCCCCCCCCC[n+]1ccn(SCCCCCCCC)c1-c1ccccc1. The Bertz CT molecular complexity index is 650. The molecule has 0 unspecified atom stereocenters. The predicted molar refractivity (Wildman–Crippen MR) is 134 cm³/mol. The van der Waals surface area contributed by atoms with Crippen LogP contribution in [0.15, 0.2) is 42.7 Å². The van der Waals surface area contributed by atoms with Gasteiger partial charge in [0, 0.05) is 5.75 Å². The molecule has 168 valence electrons. The lowest BCUT2D eigenvalue weighted by atomic mass is 10.1. The zero-order valence-corrected chi connectivity index (χ0v) is 20.5. The van der Waals surface area contributed by atoms with E-state index in [2.05, 4.69) is 65.1 Å². The summed E-state index contributed by atoms with van der Waals surface area (Å²) >= 11 is 1.98. The number of hydrogen-bond donors (Lipinski definition) is 0. The molecular weight excluding hydrogens is 384 g/mol. The Morgan fingerprint density at radius 3 is 1.90 bits per heavy atom. The predicted octanol–water partition coefficient (Wildman–Crippen LogP) is 8.44. The maximum Gasteiger partial charge on any atom is 0.300 e. The summed E-state index contributed by atoms with van der Waals surface area (Å²) in [6, 6.07) is 10.9. The molecule has 0 aliphatic carbocycles. The molecule has 0 N–H and O–H groups in total. The van der Waals surface area contributed by atoms with Gasteiger partial charge in [-0.3, -0.25) is 0 Å². The van der Waals surface area contributed by atoms with Crippen LogP contribution in [-0.4, -0.2) is 9.73 Å². The van der Waals surface area contributed by atoms with Gasteiger partial charge in [-0.15, -0.1) is 0 Å². The zero-order chi connectivity index (χ0) is 21.3. The van der Waals surface area contributed by atoms with E-state index in [4.69, 9.17) is 0 Å². The molecule has 0 aliphatic rings. The fraction of sp³-hybridized carbons (Fsp3) is 0.667. The van der Waals surface area contributed by atoms with Gasteiger partial charge in [-0.1, -0.05) is 103 Å². The van der Waals surface area contributed by atoms with E-state index in [9.17, 15) is 0 Å². The summed E-state index contributed by atoms with van der Waals surface area (Å²) in [5.74, 6) is 2.56. The molecule has 0 saturated heterocycles. The molecular formula is C27H45N2S+. The van der Waals surface area contributed by atoms with Crippen LogP contribution < -0.4 is 4.57 Å². The highest BCUT2D eigenvalue weighted by Gasteiger charge is 2.19. The second kappa shape index (κ2) is 16.5. The van der Waals surface area contributed by atoms with E-state index in [1.165, 1.54) is 107 Å². The number of nitrogens with zero attached hydrogens (tertiary/aromatic N) is 2. The number of unbranched alkanes of at least 4 members (excludes halogenated alkanes) is 12. The largest absolute Gasteiger partial charge is 0.300 e. The first-order valence-electron chi connectivity index (χ1n) is 12.7. The Morgan fingerprint density at radius 2 is 1.27 bits per heavy atom. The molecule has 2 aromatic rings. The van der Waals surface area contributed by atoms with Gasteiger partial charge in [-0.25, -0.2) is 4.57 Å². The average Bonchev–Trinajstić information content (AvgIpc) is 3.18. The van der Waals surface area contributed by atoms with Crippen LogP contribution in [0.3, 0.4) is 0 Å². The highest BCUT2D eigenvalue weighted by Crippen LogP contribution is 2.22. The summed E-state index contributed by atoms with van der Waals surface area (Å²) in [5.41, 5.74) is 1.33. The van der Waals surface area contributed by atoms with Crippen LogP contribution >= 0.6 is 11.9 Å². The number of aromatic nitrogens is 2. The highest BCUT2D eigenvalue weighted by atomic mass is 32.2. The lowest BCUT2D eigenvalue weighted by molar-refractivity contribution is -0.685.